The van der Waals surface area contributed by atoms with Crippen molar-refractivity contribution in [2.75, 3.05) is 0 Å². The molecule has 2 rings (SSSR count). The van der Waals surface area contributed by atoms with Crippen LogP contribution in [0.1, 0.15) is 11.1 Å². The van der Waals surface area contributed by atoms with Gasteiger partial charge in [-0.25, -0.2) is 0 Å². The molecule has 3 nitrogen and oxygen atoms in total. The fourth-order valence-electron chi connectivity index (χ4n) is 1.27. The average molecular weight is 228 g/mol. The third-order valence-electron chi connectivity index (χ3n) is 1.92. The normalized spacial score (nSPS) is 14.3. The predicted molar refractivity (Wildman–Crippen MR) is 46.3 cm³/mol. The number of rotatable bonds is 1. The molecule has 1 aliphatic heterocycles. The van der Waals surface area contributed by atoms with E-state index >= 15 is 0 Å². The van der Waals surface area contributed by atoms with Crippen molar-refractivity contribution in [3.8, 4) is 0 Å². The van der Waals surface area contributed by atoms with E-state index in [1.165, 1.54) is 11.1 Å². The molecule has 62 valence electrons. The molecule has 0 saturated heterocycles. The Hall–Kier alpha value is -0.861. The first-order valence-corrected chi connectivity index (χ1v) is 6.03. The zero-order chi connectivity index (χ0) is 8.55. The monoisotopic (exact) mass is 229 g/mol. The fraction of sp³-hybridized carbons (Fsp3) is 0.250. The van der Waals surface area contributed by atoms with Crippen LogP contribution in [0.4, 0.5) is 5.69 Å². The van der Waals surface area contributed by atoms with E-state index in [0.717, 1.165) is 10.6 Å². The number of nitrogens with zero attached hydrogens (tertiary/aromatic N) is 1. The molecule has 1 aromatic rings. The summed E-state index contributed by atoms with van der Waals surface area (Å²) in [6.07, 6.45) is 0. The molecule has 0 N–H and O–H groups in total. The van der Waals surface area contributed by atoms with Gasteiger partial charge in [-0.3, -0.25) is 0 Å². The van der Waals surface area contributed by atoms with E-state index in [1.807, 2.05) is 6.07 Å². The molecule has 4 heteroatoms. The zero-order valence-corrected chi connectivity index (χ0v) is 8.03. The summed E-state index contributed by atoms with van der Waals surface area (Å²) in [6, 6.07) is 5.20. The SMILES string of the molecule is O=[N+]([O-])c1ccc2c(c1)C[Se]C2. The quantitative estimate of drug-likeness (QED) is 0.413. The molecule has 0 saturated carbocycles. The van der Waals surface area contributed by atoms with Gasteiger partial charge in [-0.2, -0.15) is 0 Å². The Labute approximate surface area is 76.1 Å². The van der Waals surface area contributed by atoms with Crippen LogP contribution in [-0.4, -0.2) is 19.9 Å². The van der Waals surface area contributed by atoms with Crippen LogP contribution in [-0.2, 0) is 10.6 Å². The molecule has 1 aliphatic rings. The Bertz CT molecular complexity index is 338. The molecule has 0 atom stereocenters. The first kappa shape index (κ1) is 7.77. The molecular formula is C8H7NO2Se. The van der Waals surface area contributed by atoms with Gasteiger partial charge < -0.3 is 0 Å². The number of hydrogen-bond donors (Lipinski definition) is 0. The molecule has 1 aromatic carbocycles. The summed E-state index contributed by atoms with van der Waals surface area (Å²) < 4.78 is 0. The summed E-state index contributed by atoms with van der Waals surface area (Å²) >= 11 is 0.636. The number of hydrogen-bond acceptors (Lipinski definition) is 2. The van der Waals surface area contributed by atoms with E-state index in [-0.39, 0.29) is 10.6 Å². The van der Waals surface area contributed by atoms with Crippen LogP contribution < -0.4 is 0 Å². The molecule has 0 aliphatic carbocycles. The number of benzene rings is 1. The van der Waals surface area contributed by atoms with Crippen LogP contribution in [0.5, 0.6) is 0 Å². The summed E-state index contributed by atoms with van der Waals surface area (Å²) in [4.78, 5) is 10.1. The van der Waals surface area contributed by atoms with Crippen LogP contribution in [0.25, 0.3) is 0 Å². The van der Waals surface area contributed by atoms with Gasteiger partial charge in [0.1, 0.15) is 0 Å². The summed E-state index contributed by atoms with van der Waals surface area (Å²) in [7, 11) is 0. The second-order valence-electron chi connectivity index (χ2n) is 2.70. The van der Waals surface area contributed by atoms with E-state index in [4.69, 9.17) is 0 Å². The molecule has 12 heavy (non-hydrogen) atoms. The van der Waals surface area contributed by atoms with Crippen LogP contribution in [0.3, 0.4) is 0 Å². The number of non-ortho nitro benzene ring substituents is 1. The molecule has 0 bridgehead atoms. The first-order valence-electron chi connectivity index (χ1n) is 3.61. The number of nitro groups is 1. The molecule has 0 radical (unpaired) electrons. The van der Waals surface area contributed by atoms with E-state index in [2.05, 4.69) is 0 Å². The summed E-state index contributed by atoms with van der Waals surface area (Å²) in [5, 5.41) is 12.6. The van der Waals surface area contributed by atoms with E-state index in [0.29, 0.717) is 15.0 Å². The predicted octanol–water partition coefficient (Wildman–Crippen LogP) is 1.31. The molecule has 0 amide bonds. The van der Waals surface area contributed by atoms with Crippen molar-refractivity contribution in [3.05, 3.63) is 39.4 Å². The Morgan fingerprint density at radius 3 is 2.83 bits per heavy atom. The third kappa shape index (κ3) is 1.24. The van der Waals surface area contributed by atoms with Gasteiger partial charge in [-0.15, -0.1) is 0 Å². The Morgan fingerprint density at radius 2 is 2.08 bits per heavy atom. The molecule has 1 heterocycles. The van der Waals surface area contributed by atoms with Crippen molar-refractivity contribution in [2.24, 2.45) is 0 Å². The first-order chi connectivity index (χ1) is 5.77. The average Bonchev–Trinajstić information content (AvgIpc) is 2.49. The molecule has 0 unspecified atom stereocenters. The Balaban J connectivity index is 2.45. The van der Waals surface area contributed by atoms with Crippen molar-refractivity contribution < 1.29 is 4.92 Å². The van der Waals surface area contributed by atoms with Gasteiger partial charge in [-0.1, -0.05) is 0 Å². The van der Waals surface area contributed by atoms with Gasteiger partial charge >= 0.3 is 75.6 Å². The number of nitro benzene ring substituents is 1. The second-order valence-corrected chi connectivity index (χ2v) is 4.77. The van der Waals surface area contributed by atoms with Crippen LogP contribution in [0.15, 0.2) is 18.2 Å². The minimum absolute atomic E-state index is 0.228. The van der Waals surface area contributed by atoms with Gasteiger partial charge in [-0.05, 0) is 0 Å². The second kappa shape index (κ2) is 2.88. The van der Waals surface area contributed by atoms with Crippen LogP contribution in [0, 0.1) is 10.1 Å². The summed E-state index contributed by atoms with van der Waals surface area (Å²) in [5.74, 6) is 0. The molecular weight excluding hydrogens is 221 g/mol. The van der Waals surface area contributed by atoms with Gasteiger partial charge in [0, 0.05) is 0 Å². The topological polar surface area (TPSA) is 43.1 Å². The van der Waals surface area contributed by atoms with Crippen molar-refractivity contribution in [3.63, 3.8) is 0 Å². The van der Waals surface area contributed by atoms with Crippen LogP contribution >= 0.6 is 0 Å². The molecule has 0 spiro atoms. The Morgan fingerprint density at radius 1 is 1.33 bits per heavy atom. The van der Waals surface area contributed by atoms with Crippen molar-refractivity contribution >= 4 is 20.6 Å². The Kier molecular flexibility index (Phi) is 1.87. The van der Waals surface area contributed by atoms with E-state index in [9.17, 15) is 10.1 Å². The van der Waals surface area contributed by atoms with Crippen molar-refractivity contribution in [1.29, 1.82) is 0 Å². The summed E-state index contributed by atoms with van der Waals surface area (Å²) in [5.41, 5.74) is 2.72. The minimum atomic E-state index is -0.328. The summed E-state index contributed by atoms with van der Waals surface area (Å²) in [6.45, 7) is 0. The number of fused-ring (bicyclic) bond motifs is 1. The maximum absolute atomic E-state index is 10.4. The van der Waals surface area contributed by atoms with E-state index in [1.54, 1.807) is 12.1 Å². The zero-order valence-electron chi connectivity index (χ0n) is 6.32. The standard InChI is InChI=1S/C8H7NO2Se/c10-9(11)8-2-1-6-4-12-5-7(6)3-8/h1-3H,4-5H2. The fourth-order valence-corrected chi connectivity index (χ4v) is 3.56. The van der Waals surface area contributed by atoms with Gasteiger partial charge in [0.2, 0.25) is 0 Å². The molecule has 0 fully saturated rings. The van der Waals surface area contributed by atoms with Crippen LogP contribution in [0.2, 0.25) is 0 Å². The molecule has 0 aromatic heterocycles. The van der Waals surface area contributed by atoms with Crippen molar-refractivity contribution in [2.45, 2.75) is 10.6 Å². The third-order valence-corrected chi connectivity index (χ3v) is 4.08. The van der Waals surface area contributed by atoms with Gasteiger partial charge in [0.15, 0.2) is 0 Å². The van der Waals surface area contributed by atoms with Crippen molar-refractivity contribution in [1.82, 2.24) is 0 Å². The maximum atomic E-state index is 10.4. The van der Waals surface area contributed by atoms with Gasteiger partial charge in [0.05, 0.1) is 0 Å². The van der Waals surface area contributed by atoms with E-state index < -0.39 is 0 Å². The van der Waals surface area contributed by atoms with Gasteiger partial charge in [0.25, 0.3) is 0 Å².